The third kappa shape index (κ3) is 5.76. The molecule has 0 atom stereocenters. The van der Waals surface area contributed by atoms with Crippen molar-refractivity contribution in [3.8, 4) is 0 Å². The molecule has 0 fully saturated rings. The van der Waals surface area contributed by atoms with E-state index in [-0.39, 0.29) is 18.3 Å². The van der Waals surface area contributed by atoms with Crippen molar-refractivity contribution in [1.82, 2.24) is 10.5 Å². The van der Waals surface area contributed by atoms with Crippen molar-refractivity contribution in [3.05, 3.63) is 95.8 Å². The van der Waals surface area contributed by atoms with Gasteiger partial charge in [-0.2, -0.15) is 0 Å². The number of hydroxylamine groups is 1. The number of anilines is 1. The summed E-state index contributed by atoms with van der Waals surface area (Å²) in [7, 11) is 0. The van der Waals surface area contributed by atoms with Crippen LogP contribution in [0.4, 0.5) is 5.69 Å². The van der Waals surface area contributed by atoms with Gasteiger partial charge in [0.2, 0.25) is 0 Å². The Balaban J connectivity index is 1.45. The molecule has 0 unspecified atom stereocenters. The number of nitrogens with zero attached hydrogens (tertiary/aromatic N) is 1. The van der Waals surface area contributed by atoms with Crippen LogP contribution in [-0.4, -0.2) is 16.9 Å². The number of rotatable bonds is 7. The molecule has 0 saturated heterocycles. The van der Waals surface area contributed by atoms with Crippen LogP contribution >= 0.6 is 0 Å². The summed E-state index contributed by atoms with van der Waals surface area (Å²) in [5, 5.41) is 2.77. The quantitative estimate of drug-likeness (QED) is 0.632. The van der Waals surface area contributed by atoms with Crippen LogP contribution in [0.1, 0.15) is 21.5 Å². The SMILES string of the molecule is O=C(Cc1ccccc1)ONCc1ccc(C(=O)Nc2cccnc2)cc1. The number of aromatic nitrogens is 1. The molecule has 1 amide bonds. The smallest absolute Gasteiger partial charge is 0.329 e. The second-order valence-corrected chi connectivity index (χ2v) is 5.85. The maximum atomic E-state index is 12.2. The van der Waals surface area contributed by atoms with Gasteiger partial charge in [0.15, 0.2) is 0 Å². The van der Waals surface area contributed by atoms with Crippen LogP contribution < -0.4 is 10.8 Å². The predicted octanol–water partition coefficient (Wildman–Crippen LogP) is 3.12. The highest BCUT2D eigenvalue weighted by atomic mass is 16.7. The normalized spacial score (nSPS) is 10.2. The van der Waals surface area contributed by atoms with Crippen molar-refractivity contribution in [1.29, 1.82) is 0 Å². The lowest BCUT2D eigenvalue weighted by molar-refractivity contribution is -0.150. The van der Waals surface area contributed by atoms with Crippen molar-refractivity contribution < 1.29 is 14.4 Å². The first-order chi connectivity index (χ1) is 13.2. The minimum atomic E-state index is -0.353. The van der Waals surface area contributed by atoms with E-state index in [1.165, 1.54) is 0 Å². The van der Waals surface area contributed by atoms with Crippen LogP contribution in [0.3, 0.4) is 0 Å². The first-order valence-corrected chi connectivity index (χ1v) is 8.47. The fourth-order valence-corrected chi connectivity index (χ4v) is 2.41. The first kappa shape index (κ1) is 18.3. The maximum absolute atomic E-state index is 12.2. The van der Waals surface area contributed by atoms with Crippen molar-refractivity contribution in [2.24, 2.45) is 0 Å². The number of hydrogen-bond donors (Lipinski definition) is 2. The zero-order valence-electron chi connectivity index (χ0n) is 14.6. The van der Waals surface area contributed by atoms with Crippen molar-refractivity contribution in [2.75, 3.05) is 5.32 Å². The molecule has 0 bridgehead atoms. The van der Waals surface area contributed by atoms with Crippen LogP contribution in [0.2, 0.25) is 0 Å². The average Bonchev–Trinajstić information content (AvgIpc) is 2.70. The Morgan fingerprint density at radius 2 is 1.67 bits per heavy atom. The molecule has 1 aromatic heterocycles. The molecule has 2 N–H and O–H groups in total. The van der Waals surface area contributed by atoms with Crippen LogP contribution in [-0.2, 0) is 22.6 Å². The van der Waals surface area contributed by atoms with Crippen LogP contribution in [0.25, 0.3) is 0 Å². The highest BCUT2D eigenvalue weighted by Gasteiger charge is 2.07. The Hall–Kier alpha value is -3.51. The highest BCUT2D eigenvalue weighted by Crippen LogP contribution is 2.09. The zero-order valence-corrected chi connectivity index (χ0v) is 14.6. The van der Waals surface area contributed by atoms with E-state index in [0.717, 1.165) is 11.1 Å². The van der Waals surface area contributed by atoms with Gasteiger partial charge in [-0.3, -0.25) is 14.6 Å². The molecule has 0 aliphatic heterocycles. The molecule has 0 aliphatic rings. The van der Waals surface area contributed by atoms with E-state index in [0.29, 0.717) is 17.8 Å². The minimum Gasteiger partial charge on any atom is -0.370 e. The monoisotopic (exact) mass is 361 g/mol. The molecule has 1 heterocycles. The summed E-state index contributed by atoms with van der Waals surface area (Å²) >= 11 is 0. The van der Waals surface area contributed by atoms with E-state index in [9.17, 15) is 9.59 Å². The summed E-state index contributed by atoms with van der Waals surface area (Å²) in [5.74, 6) is -0.564. The largest absolute Gasteiger partial charge is 0.370 e. The molecule has 3 aromatic rings. The Labute approximate surface area is 157 Å². The molecule has 6 heteroatoms. The minimum absolute atomic E-state index is 0.210. The summed E-state index contributed by atoms with van der Waals surface area (Å²) in [6.45, 7) is 0.352. The summed E-state index contributed by atoms with van der Waals surface area (Å²) in [5.41, 5.74) is 5.61. The summed E-state index contributed by atoms with van der Waals surface area (Å²) in [6.07, 6.45) is 3.44. The third-order valence-electron chi connectivity index (χ3n) is 3.79. The van der Waals surface area contributed by atoms with Crippen molar-refractivity contribution in [3.63, 3.8) is 0 Å². The highest BCUT2D eigenvalue weighted by molar-refractivity contribution is 6.04. The van der Waals surface area contributed by atoms with Gasteiger partial charge in [0.25, 0.3) is 5.91 Å². The lowest BCUT2D eigenvalue weighted by Gasteiger charge is -2.08. The maximum Gasteiger partial charge on any atom is 0.329 e. The zero-order chi connectivity index (χ0) is 18.9. The van der Waals surface area contributed by atoms with Gasteiger partial charge in [-0.25, -0.2) is 0 Å². The molecule has 3 rings (SSSR count). The number of pyridine rings is 1. The summed E-state index contributed by atoms with van der Waals surface area (Å²) < 4.78 is 0. The van der Waals surface area contributed by atoms with Crippen LogP contribution in [0.15, 0.2) is 79.1 Å². The van der Waals surface area contributed by atoms with Gasteiger partial charge >= 0.3 is 5.97 Å². The number of carbonyl (C=O) groups is 2. The molecular formula is C21H19N3O3. The topological polar surface area (TPSA) is 80.3 Å². The fraction of sp³-hybridized carbons (Fsp3) is 0.0952. The third-order valence-corrected chi connectivity index (χ3v) is 3.79. The van der Waals surface area contributed by atoms with Crippen molar-refractivity contribution in [2.45, 2.75) is 13.0 Å². The van der Waals surface area contributed by atoms with Crippen LogP contribution in [0.5, 0.6) is 0 Å². The molecule has 27 heavy (non-hydrogen) atoms. The van der Waals surface area contributed by atoms with E-state index in [1.54, 1.807) is 48.8 Å². The fourth-order valence-electron chi connectivity index (χ4n) is 2.41. The molecule has 0 spiro atoms. The van der Waals surface area contributed by atoms with Gasteiger partial charge in [0.1, 0.15) is 0 Å². The van der Waals surface area contributed by atoms with Gasteiger partial charge in [-0.05, 0) is 35.4 Å². The van der Waals surface area contributed by atoms with E-state index in [2.05, 4.69) is 15.8 Å². The predicted molar refractivity (Wildman–Crippen MR) is 102 cm³/mol. The van der Waals surface area contributed by atoms with Gasteiger partial charge < -0.3 is 10.2 Å². The Kier molecular flexibility index (Phi) is 6.27. The Morgan fingerprint density at radius 1 is 0.889 bits per heavy atom. The summed E-state index contributed by atoms with van der Waals surface area (Å²) in [4.78, 5) is 32.9. The Bertz CT molecular complexity index is 882. The lowest BCUT2D eigenvalue weighted by atomic mass is 10.1. The average molecular weight is 361 g/mol. The Morgan fingerprint density at radius 3 is 2.37 bits per heavy atom. The van der Waals surface area contributed by atoms with Gasteiger partial charge in [0.05, 0.1) is 24.8 Å². The van der Waals surface area contributed by atoms with Gasteiger partial charge in [-0.15, -0.1) is 5.48 Å². The number of hydrogen-bond acceptors (Lipinski definition) is 5. The second kappa shape index (κ2) is 9.26. The van der Waals surface area contributed by atoms with Gasteiger partial charge in [0, 0.05) is 11.8 Å². The van der Waals surface area contributed by atoms with E-state index >= 15 is 0 Å². The van der Waals surface area contributed by atoms with Crippen molar-refractivity contribution >= 4 is 17.6 Å². The number of amides is 1. The number of benzene rings is 2. The lowest BCUT2D eigenvalue weighted by Crippen LogP contribution is -2.21. The first-order valence-electron chi connectivity index (χ1n) is 8.47. The molecule has 6 nitrogen and oxygen atoms in total. The van der Waals surface area contributed by atoms with E-state index < -0.39 is 0 Å². The molecule has 0 aliphatic carbocycles. The van der Waals surface area contributed by atoms with E-state index in [4.69, 9.17) is 4.84 Å². The second-order valence-electron chi connectivity index (χ2n) is 5.85. The molecule has 136 valence electrons. The number of carbonyl (C=O) groups excluding carboxylic acids is 2. The molecule has 2 aromatic carbocycles. The summed E-state index contributed by atoms with van der Waals surface area (Å²) in [6, 6.07) is 20.0. The molecule has 0 saturated carbocycles. The van der Waals surface area contributed by atoms with Gasteiger partial charge in [-0.1, -0.05) is 42.5 Å². The molecular weight excluding hydrogens is 342 g/mol. The number of nitrogens with one attached hydrogen (secondary N) is 2. The van der Waals surface area contributed by atoms with E-state index in [1.807, 2.05) is 30.3 Å². The molecule has 0 radical (unpaired) electrons. The standard InChI is InChI=1S/C21H19N3O3/c25-20(13-16-5-2-1-3-6-16)27-23-14-17-8-10-18(11-9-17)21(26)24-19-7-4-12-22-15-19/h1-12,15,23H,13-14H2,(H,24,26). The van der Waals surface area contributed by atoms with Crippen LogP contribution in [0, 0.1) is 0 Å².